The van der Waals surface area contributed by atoms with Crippen molar-refractivity contribution in [2.75, 3.05) is 26.9 Å². The first kappa shape index (κ1) is 12.8. The number of likely N-dealkylation sites (N-methyl/N-ethyl adjacent to an activating group) is 1. The molecule has 1 rings (SSSR count). The van der Waals surface area contributed by atoms with E-state index in [0.717, 1.165) is 10.5 Å². The average molecular weight is 246 g/mol. The summed E-state index contributed by atoms with van der Waals surface area (Å²) >= 11 is 7.63. The van der Waals surface area contributed by atoms with Gasteiger partial charge >= 0.3 is 0 Å². The maximum atomic E-state index is 10.0. The van der Waals surface area contributed by atoms with Crippen LogP contribution in [0.5, 0.6) is 0 Å². The largest absolute Gasteiger partial charge is 0.387 e. The normalized spacial score (nSPS) is 13.2. The van der Waals surface area contributed by atoms with E-state index in [4.69, 9.17) is 11.6 Å². The van der Waals surface area contributed by atoms with Gasteiger partial charge < -0.3 is 10.0 Å². The van der Waals surface area contributed by atoms with Crippen molar-refractivity contribution in [2.24, 2.45) is 0 Å². The Morgan fingerprint density at radius 2 is 2.13 bits per heavy atom. The van der Waals surface area contributed by atoms with Crippen LogP contribution in [0.2, 0.25) is 5.02 Å². The molecule has 0 saturated carbocycles. The number of nitrogens with zero attached hydrogens (tertiary/aromatic N) is 1. The van der Waals surface area contributed by atoms with Gasteiger partial charge in [-0.25, -0.2) is 0 Å². The molecule has 0 aromatic heterocycles. The van der Waals surface area contributed by atoms with Crippen LogP contribution >= 0.6 is 23.4 Å². The van der Waals surface area contributed by atoms with E-state index in [1.54, 1.807) is 11.8 Å². The standard InChI is InChI=1S/C11H16ClNOS/c1-13(2)7-10(14)8-5-4-6-9(12)11(8)15-3/h4-6,10,14H,7H2,1-3H3. The molecule has 15 heavy (non-hydrogen) atoms. The van der Waals surface area contributed by atoms with Crippen molar-refractivity contribution >= 4 is 23.4 Å². The van der Waals surface area contributed by atoms with Crippen LogP contribution in [0.4, 0.5) is 0 Å². The molecule has 0 fully saturated rings. The minimum absolute atomic E-state index is 0.485. The first-order valence-corrected chi connectivity index (χ1v) is 6.31. The van der Waals surface area contributed by atoms with Gasteiger partial charge in [-0.3, -0.25) is 0 Å². The molecule has 84 valence electrons. The Hall–Kier alpha value is -0.220. The number of aliphatic hydroxyl groups excluding tert-OH is 1. The van der Waals surface area contributed by atoms with Gasteiger partial charge in [0.1, 0.15) is 0 Å². The molecule has 0 heterocycles. The van der Waals surface area contributed by atoms with E-state index in [-0.39, 0.29) is 0 Å². The SMILES string of the molecule is CSc1c(Cl)cccc1C(O)CN(C)C. The second-order valence-corrected chi connectivity index (χ2v) is 4.86. The Bertz CT molecular complexity index is 330. The third-order valence-corrected chi connectivity index (χ3v) is 3.39. The number of hydrogen-bond donors (Lipinski definition) is 1. The summed E-state index contributed by atoms with van der Waals surface area (Å²) in [5.74, 6) is 0. The van der Waals surface area contributed by atoms with Gasteiger partial charge in [-0.15, -0.1) is 11.8 Å². The zero-order valence-electron chi connectivity index (χ0n) is 9.20. The third kappa shape index (κ3) is 3.38. The summed E-state index contributed by atoms with van der Waals surface area (Å²) in [6.07, 6.45) is 1.48. The minimum Gasteiger partial charge on any atom is -0.387 e. The van der Waals surface area contributed by atoms with Gasteiger partial charge in [-0.05, 0) is 32.0 Å². The molecule has 0 amide bonds. The molecule has 1 aromatic carbocycles. The summed E-state index contributed by atoms with van der Waals surface area (Å²) in [6.45, 7) is 0.605. The van der Waals surface area contributed by atoms with E-state index < -0.39 is 6.10 Å². The van der Waals surface area contributed by atoms with Crippen LogP contribution in [0.15, 0.2) is 23.1 Å². The van der Waals surface area contributed by atoms with Gasteiger partial charge in [0.15, 0.2) is 0 Å². The summed E-state index contributed by atoms with van der Waals surface area (Å²) in [4.78, 5) is 2.92. The Morgan fingerprint density at radius 3 is 2.67 bits per heavy atom. The van der Waals surface area contributed by atoms with Crippen LogP contribution in [0, 0.1) is 0 Å². The number of hydrogen-bond acceptors (Lipinski definition) is 3. The zero-order valence-corrected chi connectivity index (χ0v) is 10.8. The predicted molar refractivity (Wildman–Crippen MR) is 66.7 cm³/mol. The number of aliphatic hydroxyl groups is 1. The van der Waals surface area contributed by atoms with Crippen molar-refractivity contribution in [3.05, 3.63) is 28.8 Å². The van der Waals surface area contributed by atoms with Gasteiger partial charge in [-0.2, -0.15) is 0 Å². The molecule has 0 radical (unpaired) electrons. The molecule has 4 heteroatoms. The molecule has 0 saturated heterocycles. The predicted octanol–water partition coefficient (Wildman–Crippen LogP) is 2.66. The maximum Gasteiger partial charge on any atom is 0.0927 e. The van der Waals surface area contributed by atoms with E-state index in [1.807, 2.05) is 43.5 Å². The van der Waals surface area contributed by atoms with Gasteiger partial charge in [0, 0.05) is 11.4 Å². The van der Waals surface area contributed by atoms with Crippen molar-refractivity contribution in [1.82, 2.24) is 4.90 Å². The highest BCUT2D eigenvalue weighted by Crippen LogP contribution is 2.32. The average Bonchev–Trinajstić information content (AvgIpc) is 2.16. The fourth-order valence-electron chi connectivity index (χ4n) is 1.45. The monoisotopic (exact) mass is 245 g/mol. The lowest BCUT2D eigenvalue weighted by Crippen LogP contribution is -2.20. The van der Waals surface area contributed by atoms with Crippen LogP contribution in [0.25, 0.3) is 0 Å². The molecule has 0 aliphatic carbocycles. The van der Waals surface area contributed by atoms with Crippen molar-refractivity contribution in [2.45, 2.75) is 11.0 Å². The highest BCUT2D eigenvalue weighted by atomic mass is 35.5. The topological polar surface area (TPSA) is 23.5 Å². The Kier molecular flexibility index (Phi) is 4.93. The molecule has 1 atom stereocenters. The van der Waals surface area contributed by atoms with E-state index in [0.29, 0.717) is 11.6 Å². The van der Waals surface area contributed by atoms with Crippen LogP contribution in [-0.4, -0.2) is 36.9 Å². The van der Waals surface area contributed by atoms with Crippen molar-refractivity contribution < 1.29 is 5.11 Å². The fraction of sp³-hybridized carbons (Fsp3) is 0.455. The molecule has 2 nitrogen and oxygen atoms in total. The molecule has 0 aliphatic rings. The molecule has 0 bridgehead atoms. The molecular formula is C11H16ClNOS. The lowest BCUT2D eigenvalue weighted by molar-refractivity contribution is 0.136. The molecule has 0 spiro atoms. The zero-order chi connectivity index (χ0) is 11.4. The van der Waals surface area contributed by atoms with Crippen LogP contribution < -0.4 is 0 Å². The number of halogens is 1. The van der Waals surface area contributed by atoms with E-state index in [2.05, 4.69) is 0 Å². The van der Waals surface area contributed by atoms with Gasteiger partial charge in [0.2, 0.25) is 0 Å². The molecule has 1 N–H and O–H groups in total. The Labute approximate surface area is 100 Å². The molecule has 1 aromatic rings. The van der Waals surface area contributed by atoms with Crippen LogP contribution in [-0.2, 0) is 0 Å². The van der Waals surface area contributed by atoms with Crippen molar-refractivity contribution in [1.29, 1.82) is 0 Å². The van der Waals surface area contributed by atoms with Gasteiger partial charge in [-0.1, -0.05) is 23.7 Å². The molecule has 1 unspecified atom stereocenters. The first-order chi connectivity index (χ1) is 7.06. The minimum atomic E-state index is -0.485. The summed E-state index contributed by atoms with van der Waals surface area (Å²) in [6, 6.07) is 5.64. The van der Waals surface area contributed by atoms with Crippen LogP contribution in [0.1, 0.15) is 11.7 Å². The van der Waals surface area contributed by atoms with Crippen molar-refractivity contribution in [3.63, 3.8) is 0 Å². The Balaban J connectivity index is 2.97. The van der Waals surface area contributed by atoms with Crippen molar-refractivity contribution in [3.8, 4) is 0 Å². The lowest BCUT2D eigenvalue weighted by Gasteiger charge is -2.19. The summed E-state index contributed by atoms with van der Waals surface area (Å²) in [5.41, 5.74) is 0.906. The summed E-state index contributed by atoms with van der Waals surface area (Å²) < 4.78 is 0. The maximum absolute atomic E-state index is 10.0. The van der Waals surface area contributed by atoms with E-state index in [1.165, 1.54) is 0 Å². The third-order valence-electron chi connectivity index (χ3n) is 2.10. The molecular weight excluding hydrogens is 230 g/mol. The summed E-state index contributed by atoms with van der Waals surface area (Å²) in [5, 5.41) is 10.7. The smallest absolute Gasteiger partial charge is 0.0927 e. The second-order valence-electron chi connectivity index (χ2n) is 3.64. The molecule has 0 aliphatic heterocycles. The number of thioether (sulfide) groups is 1. The van der Waals surface area contributed by atoms with E-state index >= 15 is 0 Å². The fourth-order valence-corrected chi connectivity index (χ4v) is 2.56. The quantitative estimate of drug-likeness (QED) is 0.826. The van der Waals surface area contributed by atoms with Gasteiger partial charge in [0.05, 0.1) is 11.1 Å². The first-order valence-electron chi connectivity index (χ1n) is 4.71. The summed E-state index contributed by atoms with van der Waals surface area (Å²) in [7, 11) is 3.87. The second kappa shape index (κ2) is 5.75. The Morgan fingerprint density at radius 1 is 1.47 bits per heavy atom. The highest BCUT2D eigenvalue weighted by molar-refractivity contribution is 7.98. The highest BCUT2D eigenvalue weighted by Gasteiger charge is 2.14. The van der Waals surface area contributed by atoms with Crippen LogP contribution in [0.3, 0.4) is 0 Å². The number of rotatable bonds is 4. The number of benzene rings is 1. The van der Waals surface area contributed by atoms with Gasteiger partial charge in [0.25, 0.3) is 0 Å². The van der Waals surface area contributed by atoms with E-state index in [9.17, 15) is 5.11 Å². The lowest BCUT2D eigenvalue weighted by atomic mass is 10.1.